The van der Waals surface area contributed by atoms with E-state index in [2.05, 4.69) is 4.98 Å². The van der Waals surface area contributed by atoms with E-state index in [0.717, 1.165) is 5.01 Å². The summed E-state index contributed by atoms with van der Waals surface area (Å²) in [5.41, 5.74) is 1.41. The number of hydrogen-bond acceptors (Lipinski definition) is 5. The number of nitrogens with zero attached hydrogens (tertiary/aromatic N) is 1. The molecule has 0 aliphatic carbocycles. The molecule has 2 N–H and O–H groups in total. The summed E-state index contributed by atoms with van der Waals surface area (Å²) >= 11 is 1.41. The lowest BCUT2D eigenvalue weighted by Crippen LogP contribution is -1.95. The van der Waals surface area contributed by atoms with Crippen molar-refractivity contribution in [3.8, 4) is 22.8 Å². The van der Waals surface area contributed by atoms with Crippen molar-refractivity contribution in [1.29, 1.82) is 0 Å². The highest BCUT2D eigenvalue weighted by molar-refractivity contribution is 7.10. The van der Waals surface area contributed by atoms with Gasteiger partial charge < -0.3 is 10.2 Å². The molecule has 88 valence electrons. The van der Waals surface area contributed by atoms with Crippen LogP contribution in [0.4, 0.5) is 0 Å². The maximum absolute atomic E-state index is 11.0. The Kier molecular flexibility index (Phi) is 3.10. The predicted octanol–water partition coefficient (Wildman–Crippen LogP) is 2.35. The van der Waals surface area contributed by atoms with Gasteiger partial charge in [0.25, 0.3) is 0 Å². The molecular formula is C12H11NO3S. The zero-order valence-electron chi connectivity index (χ0n) is 9.17. The van der Waals surface area contributed by atoms with Crippen molar-refractivity contribution in [3.63, 3.8) is 0 Å². The molecule has 2 aromatic rings. The van der Waals surface area contributed by atoms with Crippen molar-refractivity contribution < 1.29 is 15.0 Å². The third-order valence-electron chi connectivity index (χ3n) is 2.22. The van der Waals surface area contributed by atoms with Crippen LogP contribution in [0.2, 0.25) is 0 Å². The van der Waals surface area contributed by atoms with Gasteiger partial charge in [0.05, 0.1) is 12.1 Å². The summed E-state index contributed by atoms with van der Waals surface area (Å²) in [5, 5.41) is 21.2. The fourth-order valence-electron chi connectivity index (χ4n) is 1.42. The first-order chi connectivity index (χ1) is 8.06. The highest BCUT2D eigenvalue weighted by Gasteiger charge is 2.08. The summed E-state index contributed by atoms with van der Waals surface area (Å²) < 4.78 is 0. The maximum Gasteiger partial charge on any atom is 0.158 e. The Morgan fingerprint density at radius 2 is 2.12 bits per heavy atom. The normalized spacial score (nSPS) is 10.4. The first kappa shape index (κ1) is 11.6. The highest BCUT2D eigenvalue weighted by atomic mass is 32.1. The smallest absolute Gasteiger partial charge is 0.158 e. The Labute approximate surface area is 102 Å². The lowest BCUT2D eigenvalue weighted by molar-refractivity contribution is -0.116. The van der Waals surface area contributed by atoms with Crippen molar-refractivity contribution in [2.24, 2.45) is 0 Å². The minimum atomic E-state index is -0.177. The third kappa shape index (κ3) is 2.62. The molecular weight excluding hydrogens is 238 g/mol. The van der Waals surface area contributed by atoms with Crippen LogP contribution in [0.15, 0.2) is 23.6 Å². The van der Waals surface area contributed by atoms with E-state index in [4.69, 9.17) is 0 Å². The minimum absolute atomic E-state index is 0.0689. The monoisotopic (exact) mass is 249 g/mol. The first-order valence-corrected chi connectivity index (χ1v) is 5.90. The number of phenolic OH excluding ortho intramolecular Hbond substituents is 2. The van der Waals surface area contributed by atoms with E-state index in [-0.39, 0.29) is 17.3 Å². The van der Waals surface area contributed by atoms with E-state index in [1.165, 1.54) is 30.4 Å². The summed E-state index contributed by atoms with van der Waals surface area (Å²) in [6.07, 6.45) is 0.328. The number of phenols is 2. The van der Waals surface area contributed by atoms with Gasteiger partial charge in [0.2, 0.25) is 0 Å². The molecule has 0 amide bonds. The van der Waals surface area contributed by atoms with E-state index in [0.29, 0.717) is 17.7 Å². The zero-order valence-corrected chi connectivity index (χ0v) is 9.99. The Hall–Kier alpha value is -1.88. The molecule has 0 atom stereocenters. The molecule has 0 aliphatic rings. The van der Waals surface area contributed by atoms with Crippen LogP contribution in [0, 0.1) is 0 Å². The van der Waals surface area contributed by atoms with Crippen LogP contribution in [0.3, 0.4) is 0 Å². The van der Waals surface area contributed by atoms with E-state index >= 15 is 0 Å². The summed E-state index contributed by atoms with van der Waals surface area (Å²) in [6.45, 7) is 1.52. The Morgan fingerprint density at radius 1 is 1.35 bits per heavy atom. The molecule has 2 rings (SSSR count). The second-order valence-corrected chi connectivity index (χ2v) is 4.65. The molecule has 1 aromatic carbocycles. The number of carbonyl (C=O) groups excluding carboxylic acids is 1. The van der Waals surface area contributed by atoms with E-state index in [1.807, 2.05) is 5.38 Å². The molecule has 0 bridgehead atoms. The van der Waals surface area contributed by atoms with Gasteiger partial charge in [-0.15, -0.1) is 11.3 Å². The van der Waals surface area contributed by atoms with E-state index in [1.54, 1.807) is 6.07 Å². The molecule has 1 aromatic heterocycles. The van der Waals surface area contributed by atoms with Crippen LogP contribution in [0.5, 0.6) is 11.5 Å². The standard InChI is InChI=1S/C12H11NO3S/c1-7(14)4-12-13-9(6-17-12)8-2-3-10(15)11(16)5-8/h2-3,5-6,15-16H,4H2,1H3. The van der Waals surface area contributed by atoms with Gasteiger partial charge in [0, 0.05) is 10.9 Å². The van der Waals surface area contributed by atoms with Crippen molar-refractivity contribution in [2.45, 2.75) is 13.3 Å². The summed E-state index contributed by atoms with van der Waals surface area (Å²) in [5.74, 6) is -0.268. The number of hydrogen-bond donors (Lipinski definition) is 2. The lowest BCUT2D eigenvalue weighted by atomic mass is 10.1. The molecule has 4 nitrogen and oxygen atoms in total. The Bertz CT molecular complexity index is 563. The lowest BCUT2D eigenvalue weighted by Gasteiger charge is -2.00. The minimum Gasteiger partial charge on any atom is -0.504 e. The largest absolute Gasteiger partial charge is 0.504 e. The number of aromatic hydroxyl groups is 2. The van der Waals surface area contributed by atoms with Gasteiger partial charge in [0.15, 0.2) is 11.5 Å². The molecule has 0 saturated carbocycles. The Morgan fingerprint density at radius 3 is 2.76 bits per heavy atom. The van der Waals surface area contributed by atoms with Gasteiger partial charge in [-0.3, -0.25) is 4.79 Å². The van der Waals surface area contributed by atoms with Crippen LogP contribution >= 0.6 is 11.3 Å². The second kappa shape index (κ2) is 4.55. The summed E-state index contributed by atoms with van der Waals surface area (Å²) in [4.78, 5) is 15.2. The number of rotatable bonds is 3. The number of Topliss-reactive ketones (excluding diaryl/α,β-unsaturated/α-hetero) is 1. The van der Waals surface area contributed by atoms with Crippen molar-refractivity contribution in [2.75, 3.05) is 0 Å². The van der Waals surface area contributed by atoms with Crippen LogP contribution in [-0.4, -0.2) is 21.0 Å². The van der Waals surface area contributed by atoms with Crippen LogP contribution in [-0.2, 0) is 11.2 Å². The van der Waals surface area contributed by atoms with Gasteiger partial charge in [-0.05, 0) is 25.1 Å². The van der Waals surface area contributed by atoms with E-state index < -0.39 is 0 Å². The molecule has 0 unspecified atom stereocenters. The topological polar surface area (TPSA) is 70.4 Å². The van der Waals surface area contributed by atoms with Gasteiger partial charge in [-0.1, -0.05) is 0 Å². The first-order valence-electron chi connectivity index (χ1n) is 5.02. The number of carbonyl (C=O) groups is 1. The average Bonchev–Trinajstić information content (AvgIpc) is 2.69. The van der Waals surface area contributed by atoms with Crippen molar-refractivity contribution in [3.05, 3.63) is 28.6 Å². The summed E-state index contributed by atoms with van der Waals surface area (Å²) in [6, 6.07) is 4.53. The second-order valence-electron chi connectivity index (χ2n) is 3.71. The molecule has 5 heteroatoms. The van der Waals surface area contributed by atoms with Crippen LogP contribution in [0.1, 0.15) is 11.9 Å². The third-order valence-corrected chi connectivity index (χ3v) is 3.07. The average molecular weight is 249 g/mol. The maximum atomic E-state index is 11.0. The number of ketones is 1. The highest BCUT2D eigenvalue weighted by Crippen LogP contribution is 2.31. The fraction of sp³-hybridized carbons (Fsp3) is 0.167. The number of benzene rings is 1. The quantitative estimate of drug-likeness (QED) is 0.819. The van der Waals surface area contributed by atoms with Gasteiger partial charge >= 0.3 is 0 Å². The number of thiazole rings is 1. The molecule has 0 aliphatic heterocycles. The van der Waals surface area contributed by atoms with Gasteiger partial charge in [-0.2, -0.15) is 0 Å². The number of aromatic nitrogens is 1. The Balaban J connectivity index is 2.30. The van der Waals surface area contributed by atoms with Gasteiger partial charge in [-0.25, -0.2) is 4.98 Å². The SMILES string of the molecule is CC(=O)Cc1nc(-c2ccc(O)c(O)c2)cs1. The van der Waals surface area contributed by atoms with Crippen molar-refractivity contribution in [1.82, 2.24) is 4.98 Å². The predicted molar refractivity (Wildman–Crippen MR) is 65.3 cm³/mol. The summed E-state index contributed by atoms with van der Waals surface area (Å²) in [7, 11) is 0. The van der Waals surface area contributed by atoms with Crippen LogP contribution in [0.25, 0.3) is 11.3 Å². The molecule has 1 heterocycles. The zero-order chi connectivity index (χ0) is 12.4. The van der Waals surface area contributed by atoms with Crippen molar-refractivity contribution >= 4 is 17.1 Å². The molecule has 0 saturated heterocycles. The van der Waals surface area contributed by atoms with Gasteiger partial charge in [0.1, 0.15) is 10.8 Å². The molecule has 0 spiro atoms. The molecule has 0 radical (unpaired) electrons. The van der Waals surface area contributed by atoms with E-state index in [9.17, 15) is 15.0 Å². The molecule has 17 heavy (non-hydrogen) atoms. The van der Waals surface area contributed by atoms with Crippen LogP contribution < -0.4 is 0 Å². The fourth-order valence-corrected chi connectivity index (χ4v) is 2.29. The molecule has 0 fully saturated rings.